The summed E-state index contributed by atoms with van der Waals surface area (Å²) in [5.74, 6) is -0.0305. The molecule has 2 aromatic heterocycles. The molecule has 0 saturated carbocycles. The lowest BCUT2D eigenvalue weighted by atomic mass is 10.2. The van der Waals surface area contributed by atoms with Crippen molar-refractivity contribution in [2.24, 2.45) is 0 Å². The van der Waals surface area contributed by atoms with Crippen LogP contribution in [0.4, 0.5) is 19.1 Å². The second kappa shape index (κ2) is 5.01. The predicted octanol–water partition coefficient (Wildman–Crippen LogP) is 2.63. The molecular weight excluding hydrogens is 283 g/mol. The lowest BCUT2D eigenvalue weighted by molar-refractivity contribution is -0.141. The van der Waals surface area contributed by atoms with Crippen molar-refractivity contribution in [3.8, 4) is 0 Å². The number of nitrogens with zero attached hydrogens (tertiary/aromatic N) is 3. The fraction of sp³-hybridized carbons (Fsp3) is 0.462. The minimum atomic E-state index is -4.47. The fourth-order valence-corrected chi connectivity index (χ4v) is 2.49. The summed E-state index contributed by atoms with van der Waals surface area (Å²) in [6.45, 7) is 1.82. The van der Waals surface area contributed by atoms with Gasteiger partial charge in [-0.15, -0.1) is 0 Å². The third-order valence-corrected chi connectivity index (χ3v) is 3.45. The molecule has 112 valence electrons. The number of hydrogen-bond donors (Lipinski definition) is 2. The first kappa shape index (κ1) is 13.8. The zero-order valence-corrected chi connectivity index (χ0v) is 11.4. The van der Waals surface area contributed by atoms with Gasteiger partial charge in [-0.2, -0.15) is 18.3 Å². The van der Waals surface area contributed by atoms with Gasteiger partial charge in [-0.3, -0.25) is 5.10 Å². The van der Waals surface area contributed by atoms with Crippen LogP contribution in [-0.2, 0) is 25.6 Å². The molecule has 0 amide bonds. The minimum absolute atomic E-state index is 0.0305. The molecule has 0 bridgehead atoms. The van der Waals surface area contributed by atoms with Crippen LogP contribution in [0.25, 0.3) is 0 Å². The summed E-state index contributed by atoms with van der Waals surface area (Å²) < 4.78 is 38.1. The zero-order chi connectivity index (χ0) is 15.0. The standard InChI is InChI=1S/C13H14F3N5/c1-7-5-11(13(14,15)16)19-12(18-7)17-6-10-8-3-2-4-9(8)20-21-10/h5H,2-4,6H2,1H3,(H,20,21)(H,17,18,19). The molecule has 0 spiro atoms. The summed E-state index contributed by atoms with van der Waals surface area (Å²) >= 11 is 0. The summed E-state index contributed by atoms with van der Waals surface area (Å²) in [5.41, 5.74) is 2.43. The van der Waals surface area contributed by atoms with Crippen molar-refractivity contribution in [1.82, 2.24) is 20.2 Å². The topological polar surface area (TPSA) is 66.5 Å². The Morgan fingerprint density at radius 1 is 1.29 bits per heavy atom. The average molecular weight is 297 g/mol. The molecule has 0 aromatic carbocycles. The van der Waals surface area contributed by atoms with Crippen molar-refractivity contribution in [2.45, 2.75) is 38.9 Å². The number of halogens is 3. The Labute approximate surface area is 119 Å². The van der Waals surface area contributed by atoms with E-state index in [0.29, 0.717) is 6.54 Å². The average Bonchev–Trinajstić information content (AvgIpc) is 2.97. The van der Waals surface area contributed by atoms with Gasteiger partial charge in [-0.1, -0.05) is 0 Å². The van der Waals surface area contributed by atoms with Gasteiger partial charge in [0.2, 0.25) is 5.95 Å². The van der Waals surface area contributed by atoms with Crippen LogP contribution in [0.1, 0.15) is 34.8 Å². The maximum atomic E-state index is 12.7. The highest BCUT2D eigenvalue weighted by Gasteiger charge is 2.33. The molecule has 0 saturated heterocycles. The number of anilines is 1. The van der Waals surface area contributed by atoms with Crippen LogP contribution >= 0.6 is 0 Å². The molecule has 2 heterocycles. The van der Waals surface area contributed by atoms with E-state index < -0.39 is 11.9 Å². The molecule has 1 aliphatic rings. The molecule has 0 unspecified atom stereocenters. The van der Waals surface area contributed by atoms with Gasteiger partial charge in [0.05, 0.1) is 12.2 Å². The summed E-state index contributed by atoms with van der Waals surface area (Å²) in [7, 11) is 0. The molecule has 2 N–H and O–H groups in total. The summed E-state index contributed by atoms with van der Waals surface area (Å²) in [6, 6.07) is 0.928. The van der Waals surface area contributed by atoms with E-state index in [0.717, 1.165) is 42.3 Å². The molecule has 0 fully saturated rings. The van der Waals surface area contributed by atoms with Gasteiger partial charge in [0.15, 0.2) is 0 Å². The highest BCUT2D eigenvalue weighted by atomic mass is 19.4. The van der Waals surface area contributed by atoms with Crippen molar-refractivity contribution in [3.05, 3.63) is 34.4 Å². The lowest BCUT2D eigenvalue weighted by Gasteiger charge is -2.10. The Kier molecular flexibility index (Phi) is 3.30. The number of aryl methyl sites for hydroxylation is 2. The van der Waals surface area contributed by atoms with Gasteiger partial charge in [0.1, 0.15) is 5.69 Å². The predicted molar refractivity (Wildman–Crippen MR) is 69.7 cm³/mol. The van der Waals surface area contributed by atoms with Gasteiger partial charge in [0.25, 0.3) is 0 Å². The second-order valence-corrected chi connectivity index (χ2v) is 5.05. The number of fused-ring (bicyclic) bond motifs is 1. The number of aromatic amines is 1. The number of aromatic nitrogens is 4. The van der Waals surface area contributed by atoms with E-state index >= 15 is 0 Å². The Balaban J connectivity index is 1.77. The minimum Gasteiger partial charge on any atom is -0.348 e. The summed E-state index contributed by atoms with van der Waals surface area (Å²) in [5, 5.41) is 9.97. The first-order valence-corrected chi connectivity index (χ1v) is 6.65. The lowest BCUT2D eigenvalue weighted by Crippen LogP contribution is -2.13. The summed E-state index contributed by atoms with van der Waals surface area (Å²) in [4.78, 5) is 7.49. The number of H-pyrrole nitrogens is 1. The molecule has 21 heavy (non-hydrogen) atoms. The molecule has 5 nitrogen and oxygen atoms in total. The third-order valence-electron chi connectivity index (χ3n) is 3.45. The highest BCUT2D eigenvalue weighted by Crippen LogP contribution is 2.28. The Morgan fingerprint density at radius 3 is 2.86 bits per heavy atom. The van der Waals surface area contributed by atoms with E-state index in [-0.39, 0.29) is 11.6 Å². The highest BCUT2D eigenvalue weighted by molar-refractivity contribution is 5.34. The van der Waals surface area contributed by atoms with Crippen LogP contribution in [-0.4, -0.2) is 20.2 Å². The van der Waals surface area contributed by atoms with Crippen LogP contribution < -0.4 is 5.32 Å². The summed E-state index contributed by atoms with van der Waals surface area (Å²) in [6.07, 6.45) is -1.47. The van der Waals surface area contributed by atoms with Crippen LogP contribution in [0.2, 0.25) is 0 Å². The first-order valence-electron chi connectivity index (χ1n) is 6.65. The van der Waals surface area contributed by atoms with Gasteiger partial charge in [0, 0.05) is 11.4 Å². The first-order chi connectivity index (χ1) is 9.93. The molecule has 2 aromatic rings. The fourth-order valence-electron chi connectivity index (χ4n) is 2.49. The van der Waals surface area contributed by atoms with Crippen LogP contribution in [0, 0.1) is 6.92 Å². The van der Waals surface area contributed by atoms with Gasteiger partial charge in [-0.05, 0) is 37.8 Å². The Bertz CT molecular complexity index is 662. The molecule has 8 heteroatoms. The van der Waals surface area contributed by atoms with Crippen molar-refractivity contribution in [3.63, 3.8) is 0 Å². The van der Waals surface area contributed by atoms with Gasteiger partial charge >= 0.3 is 6.18 Å². The molecule has 3 rings (SSSR count). The van der Waals surface area contributed by atoms with E-state index in [1.165, 1.54) is 6.92 Å². The normalized spacial score (nSPS) is 14.3. The van der Waals surface area contributed by atoms with Crippen LogP contribution in [0.5, 0.6) is 0 Å². The number of rotatable bonds is 3. The number of nitrogens with one attached hydrogen (secondary N) is 2. The van der Waals surface area contributed by atoms with Gasteiger partial charge < -0.3 is 5.32 Å². The van der Waals surface area contributed by atoms with E-state index in [2.05, 4.69) is 25.5 Å². The largest absolute Gasteiger partial charge is 0.433 e. The second-order valence-electron chi connectivity index (χ2n) is 5.05. The molecular formula is C13H14F3N5. The number of hydrogen-bond acceptors (Lipinski definition) is 4. The maximum absolute atomic E-state index is 12.7. The molecule has 0 radical (unpaired) electrons. The quantitative estimate of drug-likeness (QED) is 0.914. The smallest absolute Gasteiger partial charge is 0.348 e. The van der Waals surface area contributed by atoms with Crippen LogP contribution in [0.3, 0.4) is 0 Å². The van der Waals surface area contributed by atoms with Crippen molar-refractivity contribution in [1.29, 1.82) is 0 Å². The Morgan fingerprint density at radius 2 is 2.10 bits per heavy atom. The van der Waals surface area contributed by atoms with E-state index in [4.69, 9.17) is 0 Å². The number of alkyl halides is 3. The third kappa shape index (κ3) is 2.84. The monoisotopic (exact) mass is 297 g/mol. The SMILES string of the molecule is Cc1cc(C(F)(F)F)nc(NCc2n[nH]c3c2CCC3)n1. The maximum Gasteiger partial charge on any atom is 0.433 e. The Hall–Kier alpha value is -2.12. The van der Waals surface area contributed by atoms with Crippen molar-refractivity contribution >= 4 is 5.95 Å². The zero-order valence-electron chi connectivity index (χ0n) is 11.4. The molecule has 0 atom stereocenters. The van der Waals surface area contributed by atoms with Crippen molar-refractivity contribution in [2.75, 3.05) is 5.32 Å². The van der Waals surface area contributed by atoms with Gasteiger partial charge in [-0.25, -0.2) is 9.97 Å². The molecule has 1 aliphatic carbocycles. The molecule has 0 aliphatic heterocycles. The van der Waals surface area contributed by atoms with E-state index in [9.17, 15) is 13.2 Å². The van der Waals surface area contributed by atoms with Crippen molar-refractivity contribution < 1.29 is 13.2 Å². The van der Waals surface area contributed by atoms with E-state index in [1.54, 1.807) is 0 Å². The van der Waals surface area contributed by atoms with Crippen LogP contribution in [0.15, 0.2) is 6.07 Å². The van der Waals surface area contributed by atoms with E-state index in [1.807, 2.05) is 0 Å².